The van der Waals surface area contributed by atoms with Crippen LogP contribution in [-0.2, 0) is 28.8 Å². The van der Waals surface area contributed by atoms with Gasteiger partial charge in [0.25, 0.3) is 5.24 Å². The number of likely N-dealkylation sites (N-methyl/N-ethyl adjacent to an activating group) is 1. The van der Waals surface area contributed by atoms with E-state index in [0.717, 1.165) is 17.5 Å². The number of benzene rings is 1. The van der Waals surface area contributed by atoms with Gasteiger partial charge in [-0.15, -0.1) is 0 Å². The van der Waals surface area contributed by atoms with Crippen LogP contribution in [0.1, 0.15) is 53.3 Å². The zero-order valence-electron chi connectivity index (χ0n) is 27.0. The fraction of sp³-hybridized carbons (Fsp3) is 0.414. The van der Waals surface area contributed by atoms with Gasteiger partial charge in [-0.25, -0.2) is 5.01 Å². The molecule has 1 aliphatic carbocycles. The number of amides is 6. The molecule has 3 saturated heterocycles. The first-order valence-electron chi connectivity index (χ1n) is 13.9. The van der Waals surface area contributed by atoms with Crippen molar-refractivity contribution in [2.24, 2.45) is 5.10 Å². The average molecular weight is 690 g/mol. The van der Waals surface area contributed by atoms with Crippen LogP contribution in [0.15, 0.2) is 29.4 Å². The summed E-state index contributed by atoms with van der Waals surface area (Å²) in [7, 11) is 9.56. The minimum atomic E-state index is -0.238. The summed E-state index contributed by atoms with van der Waals surface area (Å²) in [5.74, 6) is -0.764. The number of carbonyl (C=O) groups excluding carboxylic acids is 9. The van der Waals surface area contributed by atoms with Crippen LogP contribution in [0.5, 0.6) is 0 Å². The Hall–Kier alpha value is -4.84. The minimum Gasteiger partial charge on any atom is -0.328 e. The highest BCUT2D eigenvalue weighted by Crippen LogP contribution is 2.20. The minimum absolute atomic E-state index is 0.0208. The van der Waals surface area contributed by atoms with Crippen LogP contribution in [0.4, 0.5) is 4.79 Å². The van der Waals surface area contributed by atoms with Crippen molar-refractivity contribution in [1.29, 1.82) is 0 Å². The van der Waals surface area contributed by atoms with Gasteiger partial charge in [-0.2, -0.15) is 5.10 Å². The molecule has 5 aliphatic rings. The monoisotopic (exact) mass is 689 g/mol. The van der Waals surface area contributed by atoms with Crippen molar-refractivity contribution in [1.82, 2.24) is 29.7 Å². The van der Waals surface area contributed by atoms with E-state index in [1.54, 1.807) is 66.6 Å². The highest BCUT2D eigenvalue weighted by Gasteiger charge is 2.30. The molecular weight excluding hydrogens is 654 g/mol. The van der Waals surface area contributed by atoms with Crippen molar-refractivity contribution in [3.05, 3.63) is 35.4 Å². The molecule has 0 unspecified atom stereocenters. The normalized spacial score (nSPS) is 18.7. The van der Waals surface area contributed by atoms with Crippen LogP contribution < -0.4 is 0 Å². The van der Waals surface area contributed by atoms with E-state index in [1.807, 2.05) is 6.92 Å². The van der Waals surface area contributed by atoms with Crippen molar-refractivity contribution in [2.75, 3.05) is 48.8 Å². The number of fused-ring (bicyclic) bond motifs is 1. The number of rotatable bonds is 0. The molecule has 47 heavy (non-hydrogen) atoms. The van der Waals surface area contributed by atoms with Gasteiger partial charge in [0.1, 0.15) is 12.8 Å². The first kappa shape index (κ1) is 38.3. The van der Waals surface area contributed by atoms with Gasteiger partial charge in [-0.1, -0.05) is 24.3 Å². The number of ketones is 2. The van der Waals surface area contributed by atoms with E-state index in [-0.39, 0.29) is 82.4 Å². The summed E-state index contributed by atoms with van der Waals surface area (Å²) in [6.45, 7) is 2.12. The summed E-state index contributed by atoms with van der Waals surface area (Å²) in [5, 5.41) is 7.92. The van der Waals surface area contributed by atoms with Gasteiger partial charge >= 0.3 is 0 Å². The first-order chi connectivity index (χ1) is 21.8. The van der Waals surface area contributed by atoms with E-state index in [9.17, 15) is 43.2 Å². The number of hydrogen-bond acceptors (Lipinski definition) is 12. The molecule has 0 bridgehead atoms. The lowest BCUT2D eigenvalue weighted by atomic mass is 10.1. The fourth-order valence-corrected chi connectivity index (χ4v) is 4.83. The molecule has 6 rings (SSSR count). The van der Waals surface area contributed by atoms with Crippen LogP contribution in [0.3, 0.4) is 0 Å². The Morgan fingerprint density at radius 2 is 1.09 bits per heavy atom. The SMILES string of the molecule is CC1=NN(C)C(=O)C1.CN1C(=O)CC(=O)N(C)C1=S.CN1C(=O)CC(=O)N1C.CN1CC(=O)SC1=O.O=C1CC(=O)c2ccccc21. The van der Waals surface area contributed by atoms with E-state index in [0.29, 0.717) is 17.5 Å². The summed E-state index contributed by atoms with van der Waals surface area (Å²) in [6.07, 6.45) is 0.496. The Morgan fingerprint density at radius 1 is 0.638 bits per heavy atom. The summed E-state index contributed by atoms with van der Waals surface area (Å²) in [5.41, 5.74) is 2.06. The van der Waals surface area contributed by atoms with E-state index >= 15 is 0 Å². The smallest absolute Gasteiger partial charge is 0.289 e. The van der Waals surface area contributed by atoms with E-state index in [1.165, 1.54) is 29.7 Å². The number of Topliss-reactive ketones (excluding diaryl/α,β-unsaturated/α-hetero) is 2. The Labute approximate surface area is 280 Å². The Bertz CT molecular complexity index is 1490. The van der Waals surface area contributed by atoms with Crippen LogP contribution in [0, 0.1) is 0 Å². The zero-order chi connectivity index (χ0) is 35.7. The number of hydrogen-bond donors (Lipinski definition) is 0. The third-order valence-corrected chi connectivity index (χ3v) is 8.31. The second-order valence-electron chi connectivity index (χ2n) is 10.5. The third kappa shape index (κ3) is 10.3. The number of thioether (sulfide) groups is 1. The molecule has 1 aromatic carbocycles. The van der Waals surface area contributed by atoms with E-state index < -0.39 is 0 Å². The molecule has 3 fully saturated rings. The fourth-order valence-electron chi connectivity index (χ4n) is 3.95. The van der Waals surface area contributed by atoms with Gasteiger partial charge < -0.3 is 4.90 Å². The van der Waals surface area contributed by atoms with E-state index in [2.05, 4.69) is 5.10 Å². The average Bonchev–Trinajstić information content (AvgIpc) is 3.66. The molecule has 0 N–H and O–H groups in total. The molecule has 0 atom stereocenters. The highest BCUT2D eigenvalue weighted by molar-refractivity contribution is 8.26. The van der Waals surface area contributed by atoms with Crippen LogP contribution in [0.2, 0.25) is 0 Å². The van der Waals surface area contributed by atoms with Gasteiger partial charge in [-0.3, -0.25) is 63.0 Å². The van der Waals surface area contributed by atoms with Crippen molar-refractivity contribution < 1.29 is 43.2 Å². The molecule has 16 nitrogen and oxygen atoms in total. The predicted octanol–water partition coefficient (Wildman–Crippen LogP) is 0.805. The van der Waals surface area contributed by atoms with Gasteiger partial charge in [0.15, 0.2) is 16.7 Å². The van der Waals surface area contributed by atoms with Gasteiger partial charge in [0.2, 0.25) is 34.7 Å². The maximum atomic E-state index is 11.1. The Balaban J connectivity index is 0.000000206. The molecule has 6 amide bonds. The Kier molecular flexibility index (Phi) is 13.6. The largest absolute Gasteiger partial charge is 0.328 e. The number of hydrazine groups is 1. The highest BCUT2D eigenvalue weighted by atomic mass is 32.2. The second kappa shape index (κ2) is 16.6. The Morgan fingerprint density at radius 3 is 1.34 bits per heavy atom. The van der Waals surface area contributed by atoms with Crippen LogP contribution in [-0.4, -0.2) is 141 Å². The second-order valence-corrected chi connectivity index (χ2v) is 11.8. The summed E-state index contributed by atoms with van der Waals surface area (Å²) < 4.78 is 0. The van der Waals surface area contributed by atoms with Gasteiger partial charge in [0, 0.05) is 70.9 Å². The first-order valence-corrected chi connectivity index (χ1v) is 15.1. The summed E-state index contributed by atoms with van der Waals surface area (Å²) in [6, 6.07) is 6.94. The molecule has 4 aliphatic heterocycles. The van der Waals surface area contributed by atoms with Gasteiger partial charge in [-0.05, 0) is 19.1 Å². The molecule has 0 radical (unpaired) electrons. The molecule has 18 heteroatoms. The van der Waals surface area contributed by atoms with Crippen molar-refractivity contribution in [2.45, 2.75) is 32.6 Å². The predicted molar refractivity (Wildman–Crippen MR) is 174 cm³/mol. The summed E-state index contributed by atoms with van der Waals surface area (Å²) >= 11 is 5.59. The number of nitrogens with zero attached hydrogens (tertiary/aromatic N) is 7. The number of hydrazone groups is 1. The number of carbonyl (C=O) groups is 9. The quantitative estimate of drug-likeness (QED) is 0.277. The van der Waals surface area contributed by atoms with Crippen molar-refractivity contribution in [3.8, 4) is 0 Å². The third-order valence-electron chi connectivity index (χ3n) is 6.92. The molecule has 1 aromatic rings. The topological polar surface area (TPSA) is 185 Å². The maximum absolute atomic E-state index is 11.1. The van der Waals surface area contributed by atoms with Crippen molar-refractivity contribution in [3.63, 3.8) is 0 Å². The van der Waals surface area contributed by atoms with Crippen LogP contribution >= 0.6 is 24.0 Å². The molecule has 0 saturated carbocycles. The molecule has 4 heterocycles. The zero-order valence-corrected chi connectivity index (χ0v) is 28.6. The lowest BCUT2D eigenvalue weighted by Gasteiger charge is -2.30. The molecule has 0 aromatic heterocycles. The summed E-state index contributed by atoms with van der Waals surface area (Å²) in [4.78, 5) is 101. The van der Waals surface area contributed by atoms with E-state index in [4.69, 9.17) is 12.2 Å². The standard InChI is InChI=1S/C9H6O2.C6H8N2O2S.C5H8N2O2.C5H8N2O.C4H5NO2S/c10-8-5-9(11)7-4-2-1-3-6(7)8;1-7-4(9)3-5(10)8(2)6(7)11;1-6-4(8)3-5(9)7(6)2;1-4-3-5(8)7(2)6-4;1-5-2-3(6)8-4(5)7/h1-4H,5H2;3H2,1-2H3;3H2,1-2H3;3H2,1-2H3;2H2,1H3. The number of thiocarbonyl (C=S) groups is 1. The van der Waals surface area contributed by atoms with Gasteiger partial charge in [0.05, 0.1) is 19.4 Å². The maximum Gasteiger partial charge on any atom is 0.289 e. The van der Waals surface area contributed by atoms with Crippen molar-refractivity contribution >= 4 is 86.3 Å². The molecule has 0 spiro atoms. The molecular formula is C29H35N7O9S2. The lowest BCUT2D eigenvalue weighted by molar-refractivity contribution is -0.141. The van der Waals surface area contributed by atoms with Crippen LogP contribution in [0.25, 0.3) is 0 Å². The molecule has 252 valence electrons. The lowest BCUT2D eigenvalue weighted by Crippen LogP contribution is -2.51.